The largest absolute Gasteiger partial charge is 0.463 e. The molecule has 4 rings (SSSR count). The van der Waals surface area contributed by atoms with Crippen molar-refractivity contribution in [2.24, 2.45) is 11.8 Å². The molecule has 0 amide bonds. The summed E-state index contributed by atoms with van der Waals surface area (Å²) >= 11 is 0. The Morgan fingerprint density at radius 3 is 1.95 bits per heavy atom. The number of benzene rings is 2. The van der Waals surface area contributed by atoms with Gasteiger partial charge in [0.05, 0.1) is 25.1 Å². The second kappa shape index (κ2) is 12.4. The Morgan fingerprint density at radius 2 is 1.32 bits per heavy atom. The average molecular weight is 526 g/mol. The van der Waals surface area contributed by atoms with Gasteiger partial charge in [-0.2, -0.15) is 0 Å². The number of ether oxygens (including phenoxy) is 3. The van der Waals surface area contributed by atoms with Crippen molar-refractivity contribution in [3.63, 3.8) is 0 Å². The maximum atomic E-state index is 13.9. The minimum absolute atomic E-state index is 0.127. The lowest BCUT2D eigenvalue weighted by atomic mass is 10.0. The van der Waals surface area contributed by atoms with E-state index in [2.05, 4.69) is 42.6 Å². The first-order valence-corrected chi connectivity index (χ1v) is 14.8. The van der Waals surface area contributed by atoms with E-state index >= 15 is 0 Å². The van der Waals surface area contributed by atoms with Crippen molar-refractivity contribution in [3.05, 3.63) is 48.5 Å². The summed E-state index contributed by atoms with van der Waals surface area (Å²) in [6.07, 6.45) is 2.80. The number of hydrogen-bond donors (Lipinski definition) is 0. The zero-order valence-corrected chi connectivity index (χ0v) is 22.9. The van der Waals surface area contributed by atoms with Gasteiger partial charge in [-0.3, -0.25) is 4.57 Å². The van der Waals surface area contributed by atoms with E-state index in [1.165, 1.54) is 0 Å². The number of fused-ring (bicyclic) bond motifs is 3. The number of aromatic nitrogens is 3. The molecule has 1 aliphatic rings. The quantitative estimate of drug-likeness (QED) is 0.194. The third-order valence-corrected chi connectivity index (χ3v) is 9.00. The van der Waals surface area contributed by atoms with E-state index in [9.17, 15) is 4.57 Å². The summed E-state index contributed by atoms with van der Waals surface area (Å²) in [5, 5.41) is 0.746. The number of nitrogens with zero attached hydrogens (tertiary/aromatic N) is 3. The summed E-state index contributed by atoms with van der Waals surface area (Å²) in [6, 6.07) is 15.9. The molecule has 2 aromatic carbocycles. The molecule has 0 bridgehead atoms. The van der Waals surface area contributed by atoms with Crippen molar-refractivity contribution in [2.45, 2.75) is 47.0 Å². The van der Waals surface area contributed by atoms with Gasteiger partial charge in [0.1, 0.15) is 5.75 Å². The van der Waals surface area contributed by atoms with Gasteiger partial charge in [-0.25, -0.2) is 0 Å². The number of rotatable bonds is 13. The van der Waals surface area contributed by atoms with Gasteiger partial charge in [-0.1, -0.05) is 76.9 Å². The summed E-state index contributed by atoms with van der Waals surface area (Å²) in [6.45, 7) is 9.66. The second-order valence-electron chi connectivity index (χ2n) is 9.54. The molecule has 1 aromatic heterocycles. The standard InChI is InChI=1S/C28H36N3O5P/c1-5-20(3)18-34-27-29-26(30-28(31-27)35-19-21(4)6-2)33-16-11-17-37(32)25-15-10-8-13-23(25)22-12-7-9-14-24(22)36-37/h7-10,12-15,20-21H,5-6,11,16-19H2,1-4H3. The van der Waals surface area contributed by atoms with Gasteiger partial charge < -0.3 is 18.7 Å². The highest BCUT2D eigenvalue weighted by Gasteiger charge is 2.35. The Bertz CT molecular complexity index is 1210. The molecule has 9 heteroatoms. The predicted molar refractivity (Wildman–Crippen MR) is 144 cm³/mol. The normalized spacial score (nSPS) is 17.6. The molecule has 0 radical (unpaired) electrons. The van der Waals surface area contributed by atoms with Gasteiger partial charge in [0, 0.05) is 11.7 Å². The first-order valence-electron chi connectivity index (χ1n) is 13.0. The molecule has 0 aliphatic carbocycles. The van der Waals surface area contributed by atoms with E-state index < -0.39 is 7.37 Å². The SMILES string of the molecule is CCC(C)COc1nc(OCCCP2(=O)Oc3ccccc3-c3ccccc32)nc(OCC(C)CC)n1. The van der Waals surface area contributed by atoms with Crippen LogP contribution >= 0.6 is 7.37 Å². The Kier molecular flexibility index (Phi) is 9.04. The van der Waals surface area contributed by atoms with E-state index in [1.807, 2.05) is 48.5 Å². The topological polar surface area (TPSA) is 92.7 Å². The van der Waals surface area contributed by atoms with Crippen LogP contribution in [0.3, 0.4) is 0 Å². The van der Waals surface area contributed by atoms with Gasteiger partial charge in [-0.05, 0) is 36.0 Å². The molecular formula is C28H36N3O5P. The molecule has 8 nitrogen and oxygen atoms in total. The van der Waals surface area contributed by atoms with Crippen molar-refractivity contribution in [3.8, 4) is 34.9 Å². The summed E-state index contributed by atoms with van der Waals surface area (Å²) in [7, 11) is -3.11. The first kappa shape index (κ1) is 26.9. The third kappa shape index (κ3) is 6.80. The van der Waals surface area contributed by atoms with E-state index in [0.717, 1.165) is 29.3 Å². The molecule has 3 atom stereocenters. The molecule has 0 saturated carbocycles. The van der Waals surface area contributed by atoms with Crippen LogP contribution in [-0.2, 0) is 4.57 Å². The Hall–Kier alpha value is -3.12. The van der Waals surface area contributed by atoms with Crippen molar-refractivity contribution in [2.75, 3.05) is 26.0 Å². The summed E-state index contributed by atoms with van der Waals surface area (Å²) in [5.41, 5.74) is 1.91. The molecule has 0 N–H and O–H groups in total. The van der Waals surface area contributed by atoms with Gasteiger partial charge in [0.25, 0.3) is 7.37 Å². The summed E-state index contributed by atoms with van der Waals surface area (Å²) in [4.78, 5) is 12.9. The smallest absolute Gasteiger partial charge is 0.325 e. The molecule has 3 unspecified atom stereocenters. The van der Waals surface area contributed by atoms with Crippen LogP contribution in [0.1, 0.15) is 47.0 Å². The third-order valence-electron chi connectivity index (χ3n) is 6.48. The zero-order valence-electron chi connectivity index (χ0n) is 22.1. The highest BCUT2D eigenvalue weighted by atomic mass is 31.2. The highest BCUT2D eigenvalue weighted by Crippen LogP contribution is 2.54. The van der Waals surface area contributed by atoms with Crippen LogP contribution < -0.4 is 24.0 Å². The predicted octanol–water partition coefficient (Wildman–Crippen LogP) is 6.15. The van der Waals surface area contributed by atoms with Crippen LogP contribution in [0.25, 0.3) is 11.1 Å². The van der Waals surface area contributed by atoms with E-state index in [0.29, 0.717) is 43.4 Å². The molecule has 2 heterocycles. The molecule has 0 saturated heterocycles. The molecule has 1 aliphatic heterocycles. The van der Waals surface area contributed by atoms with Crippen LogP contribution in [0.15, 0.2) is 48.5 Å². The van der Waals surface area contributed by atoms with E-state index in [4.69, 9.17) is 18.7 Å². The fraction of sp³-hybridized carbons (Fsp3) is 0.464. The Balaban J connectivity index is 1.42. The minimum atomic E-state index is -3.11. The molecule has 0 spiro atoms. The molecule has 3 aromatic rings. The maximum Gasteiger partial charge on any atom is 0.325 e. The highest BCUT2D eigenvalue weighted by molar-refractivity contribution is 7.67. The van der Waals surface area contributed by atoms with E-state index in [-0.39, 0.29) is 24.6 Å². The van der Waals surface area contributed by atoms with Crippen molar-refractivity contribution >= 4 is 12.7 Å². The molecular weight excluding hydrogens is 489 g/mol. The van der Waals surface area contributed by atoms with E-state index in [1.54, 1.807) is 0 Å². The Labute approximate surface area is 219 Å². The van der Waals surface area contributed by atoms with Gasteiger partial charge in [0.15, 0.2) is 0 Å². The van der Waals surface area contributed by atoms with Crippen LogP contribution in [0.4, 0.5) is 0 Å². The lowest BCUT2D eigenvalue weighted by Crippen LogP contribution is -2.20. The average Bonchev–Trinajstić information content (AvgIpc) is 2.93. The fourth-order valence-corrected chi connectivity index (χ4v) is 6.09. The van der Waals surface area contributed by atoms with Crippen molar-refractivity contribution in [1.82, 2.24) is 15.0 Å². The van der Waals surface area contributed by atoms with Crippen molar-refractivity contribution in [1.29, 1.82) is 0 Å². The van der Waals surface area contributed by atoms with Crippen molar-refractivity contribution < 1.29 is 23.3 Å². The fourth-order valence-electron chi connectivity index (χ4n) is 3.76. The number of hydrogen-bond acceptors (Lipinski definition) is 8. The van der Waals surface area contributed by atoms with Crippen LogP contribution in [0.5, 0.6) is 23.8 Å². The van der Waals surface area contributed by atoms with Crippen LogP contribution in [-0.4, -0.2) is 40.9 Å². The van der Waals surface area contributed by atoms with Gasteiger partial charge in [-0.15, -0.1) is 15.0 Å². The summed E-state index contributed by atoms with van der Waals surface area (Å²) in [5.74, 6) is 1.38. The first-order chi connectivity index (χ1) is 17.9. The van der Waals surface area contributed by atoms with Gasteiger partial charge in [0.2, 0.25) is 0 Å². The number of para-hydroxylation sites is 1. The lowest BCUT2D eigenvalue weighted by Gasteiger charge is -2.28. The van der Waals surface area contributed by atoms with Crippen LogP contribution in [0.2, 0.25) is 0 Å². The molecule has 37 heavy (non-hydrogen) atoms. The Morgan fingerprint density at radius 1 is 0.784 bits per heavy atom. The minimum Gasteiger partial charge on any atom is -0.463 e. The lowest BCUT2D eigenvalue weighted by molar-refractivity contribution is 0.201. The molecule has 198 valence electrons. The second-order valence-corrected chi connectivity index (χ2v) is 12.0. The van der Waals surface area contributed by atoms with Crippen LogP contribution in [0, 0.1) is 11.8 Å². The summed E-state index contributed by atoms with van der Waals surface area (Å²) < 4.78 is 37.4. The monoisotopic (exact) mass is 525 g/mol. The molecule has 0 fully saturated rings. The zero-order chi connectivity index (χ0) is 26.3. The maximum absolute atomic E-state index is 13.9. The van der Waals surface area contributed by atoms with Gasteiger partial charge >= 0.3 is 18.0 Å².